The third-order valence-electron chi connectivity index (χ3n) is 3.21. The molecule has 4 heteroatoms. The van der Waals surface area contributed by atoms with Crippen LogP contribution in [-0.2, 0) is 10.1 Å². The normalized spacial score (nSPS) is 19.9. The molecule has 0 aromatic heterocycles. The first-order valence-electron chi connectivity index (χ1n) is 5.83. The molecule has 0 N–H and O–H groups in total. The minimum atomic E-state index is 0.652. The van der Waals surface area contributed by atoms with E-state index in [-0.39, 0.29) is 0 Å². The number of hydrogen-bond donors (Lipinski definition) is 0. The topological polar surface area (TPSA) is 12.5 Å². The predicted molar refractivity (Wildman–Crippen MR) is 76.3 cm³/mol. The molecule has 0 saturated carbocycles. The molecule has 0 bridgehead atoms. The summed E-state index contributed by atoms with van der Waals surface area (Å²) < 4.78 is 5.23. The van der Waals surface area contributed by atoms with Crippen molar-refractivity contribution in [1.82, 2.24) is 0 Å². The first-order valence-corrected chi connectivity index (χ1v) is 7.32. The average molecular weight is 319 g/mol. The van der Waals surface area contributed by atoms with Crippen molar-refractivity contribution in [2.24, 2.45) is 5.92 Å². The highest BCUT2D eigenvalue weighted by atomic mass is 79.9. The summed E-state index contributed by atoms with van der Waals surface area (Å²) in [5, 5.41) is 1.64. The van der Waals surface area contributed by atoms with E-state index in [2.05, 4.69) is 26.9 Å². The van der Waals surface area contributed by atoms with Crippen LogP contribution in [0.15, 0.2) is 18.2 Å². The number of nitrogens with zero attached hydrogens (tertiary/aromatic N) is 1. The second-order valence-electron chi connectivity index (χ2n) is 4.46. The van der Waals surface area contributed by atoms with E-state index in [1.165, 1.54) is 17.7 Å². The van der Waals surface area contributed by atoms with Gasteiger partial charge in [-0.05, 0) is 30.2 Å². The molecule has 17 heavy (non-hydrogen) atoms. The second-order valence-corrected chi connectivity index (χ2v) is 5.46. The van der Waals surface area contributed by atoms with E-state index < -0.39 is 0 Å². The van der Waals surface area contributed by atoms with E-state index in [1.54, 1.807) is 7.11 Å². The molecule has 0 aliphatic carbocycles. The van der Waals surface area contributed by atoms with Gasteiger partial charge in [0.05, 0.1) is 6.61 Å². The lowest BCUT2D eigenvalue weighted by atomic mass is 10.1. The van der Waals surface area contributed by atoms with Gasteiger partial charge in [0, 0.05) is 42.2 Å². The second kappa shape index (κ2) is 6.07. The Bertz CT molecular complexity index is 386. The van der Waals surface area contributed by atoms with Crippen molar-refractivity contribution in [1.29, 1.82) is 0 Å². The molecule has 0 spiro atoms. The van der Waals surface area contributed by atoms with E-state index in [4.69, 9.17) is 16.3 Å². The summed E-state index contributed by atoms with van der Waals surface area (Å²) in [7, 11) is 1.77. The number of anilines is 1. The minimum Gasteiger partial charge on any atom is -0.384 e. The highest BCUT2D eigenvalue weighted by molar-refractivity contribution is 9.08. The zero-order valence-corrected chi connectivity index (χ0v) is 12.3. The summed E-state index contributed by atoms with van der Waals surface area (Å²) in [5.41, 5.74) is 2.56. The number of halogens is 2. The largest absolute Gasteiger partial charge is 0.384 e. The summed E-state index contributed by atoms with van der Waals surface area (Å²) in [6.07, 6.45) is 1.21. The number of hydrogen-bond acceptors (Lipinski definition) is 2. The lowest BCUT2D eigenvalue weighted by Gasteiger charge is -2.21. The van der Waals surface area contributed by atoms with Gasteiger partial charge in [-0.2, -0.15) is 0 Å². The maximum absolute atomic E-state index is 6.02. The third kappa shape index (κ3) is 3.15. The Balaban J connectivity index is 2.12. The summed E-state index contributed by atoms with van der Waals surface area (Å²) in [6, 6.07) is 6.12. The van der Waals surface area contributed by atoms with Gasteiger partial charge in [0.15, 0.2) is 0 Å². The van der Waals surface area contributed by atoms with Crippen LogP contribution in [0.5, 0.6) is 0 Å². The molecular formula is C13H17BrClNO. The molecule has 2 nitrogen and oxygen atoms in total. The van der Waals surface area contributed by atoms with Gasteiger partial charge in [0.1, 0.15) is 0 Å². The van der Waals surface area contributed by atoms with Crippen LogP contribution < -0.4 is 4.90 Å². The quantitative estimate of drug-likeness (QED) is 0.785. The van der Waals surface area contributed by atoms with Crippen molar-refractivity contribution >= 4 is 33.2 Å². The van der Waals surface area contributed by atoms with Crippen LogP contribution in [0, 0.1) is 5.92 Å². The zero-order valence-electron chi connectivity index (χ0n) is 9.96. The van der Waals surface area contributed by atoms with Crippen molar-refractivity contribution < 1.29 is 4.74 Å². The van der Waals surface area contributed by atoms with Gasteiger partial charge in [-0.25, -0.2) is 0 Å². The van der Waals surface area contributed by atoms with Gasteiger partial charge in [-0.3, -0.25) is 0 Å². The fraction of sp³-hybridized carbons (Fsp3) is 0.538. The molecule has 2 rings (SSSR count). The summed E-state index contributed by atoms with van der Waals surface area (Å²) in [5.74, 6) is 0.652. The predicted octanol–water partition coefficient (Wildman–Crippen LogP) is 3.71. The first kappa shape index (κ1) is 13.2. The van der Waals surface area contributed by atoms with Crippen molar-refractivity contribution in [3.05, 3.63) is 28.8 Å². The Kier molecular flexibility index (Phi) is 4.71. The van der Waals surface area contributed by atoms with Gasteiger partial charge >= 0.3 is 0 Å². The Hall–Kier alpha value is -0.250. The summed E-state index contributed by atoms with van der Waals surface area (Å²) in [6.45, 7) is 3.04. The fourth-order valence-electron chi connectivity index (χ4n) is 2.39. The van der Waals surface area contributed by atoms with E-state index in [1.807, 2.05) is 12.1 Å². The van der Waals surface area contributed by atoms with Crippen LogP contribution in [0.3, 0.4) is 0 Å². The van der Waals surface area contributed by atoms with Gasteiger partial charge in [0.25, 0.3) is 0 Å². The molecule has 1 heterocycles. The molecule has 0 amide bonds. The average Bonchev–Trinajstić information content (AvgIpc) is 2.78. The van der Waals surface area contributed by atoms with Gasteiger partial charge in [0.2, 0.25) is 0 Å². The standard InChI is InChI=1S/C13H17BrClNO/c1-17-9-10-4-5-16(8-10)13-3-2-12(15)6-11(13)7-14/h2-3,6,10H,4-5,7-9H2,1H3. The van der Waals surface area contributed by atoms with Crippen LogP contribution in [0.4, 0.5) is 5.69 Å². The molecule has 1 aliphatic heterocycles. The lowest BCUT2D eigenvalue weighted by molar-refractivity contribution is 0.161. The van der Waals surface area contributed by atoms with E-state index in [0.717, 1.165) is 30.0 Å². The van der Waals surface area contributed by atoms with Crippen LogP contribution in [0.1, 0.15) is 12.0 Å². The van der Waals surface area contributed by atoms with Crippen LogP contribution >= 0.6 is 27.5 Å². The third-order valence-corrected chi connectivity index (χ3v) is 4.05. The van der Waals surface area contributed by atoms with Crippen LogP contribution in [-0.4, -0.2) is 26.8 Å². The molecular weight excluding hydrogens is 302 g/mol. The van der Waals surface area contributed by atoms with Gasteiger partial charge in [-0.1, -0.05) is 27.5 Å². The van der Waals surface area contributed by atoms with Crippen molar-refractivity contribution in [2.45, 2.75) is 11.8 Å². The first-order chi connectivity index (χ1) is 8.24. The van der Waals surface area contributed by atoms with Gasteiger partial charge in [-0.15, -0.1) is 0 Å². The molecule has 1 aromatic rings. The molecule has 1 atom stereocenters. The van der Waals surface area contributed by atoms with Crippen molar-refractivity contribution in [3.8, 4) is 0 Å². The highest BCUT2D eigenvalue weighted by Gasteiger charge is 2.23. The molecule has 1 aromatic carbocycles. The molecule has 1 fully saturated rings. The maximum Gasteiger partial charge on any atom is 0.0508 e. The van der Waals surface area contributed by atoms with E-state index in [9.17, 15) is 0 Å². The zero-order chi connectivity index (χ0) is 12.3. The SMILES string of the molecule is COCC1CCN(c2ccc(Cl)cc2CBr)C1. The summed E-state index contributed by atoms with van der Waals surface area (Å²) in [4.78, 5) is 2.43. The molecule has 94 valence electrons. The number of ether oxygens (including phenoxy) is 1. The Labute approximate surface area is 116 Å². The number of alkyl halides is 1. The smallest absolute Gasteiger partial charge is 0.0508 e. The number of methoxy groups -OCH3 is 1. The van der Waals surface area contributed by atoms with Crippen LogP contribution in [0.2, 0.25) is 5.02 Å². The molecule has 0 radical (unpaired) electrons. The fourth-order valence-corrected chi connectivity index (χ4v) is 3.04. The Morgan fingerprint density at radius 2 is 2.35 bits per heavy atom. The summed E-state index contributed by atoms with van der Waals surface area (Å²) >= 11 is 9.55. The minimum absolute atomic E-state index is 0.652. The van der Waals surface area contributed by atoms with E-state index in [0.29, 0.717) is 5.92 Å². The molecule has 1 aliphatic rings. The lowest BCUT2D eigenvalue weighted by Crippen LogP contribution is -2.22. The van der Waals surface area contributed by atoms with E-state index >= 15 is 0 Å². The Morgan fingerprint density at radius 3 is 3.06 bits per heavy atom. The number of benzene rings is 1. The van der Waals surface area contributed by atoms with Crippen molar-refractivity contribution in [3.63, 3.8) is 0 Å². The molecule has 1 unspecified atom stereocenters. The van der Waals surface area contributed by atoms with Crippen LogP contribution in [0.25, 0.3) is 0 Å². The highest BCUT2D eigenvalue weighted by Crippen LogP contribution is 2.30. The Morgan fingerprint density at radius 1 is 1.53 bits per heavy atom. The maximum atomic E-state index is 6.02. The van der Waals surface area contributed by atoms with Crippen molar-refractivity contribution in [2.75, 3.05) is 31.7 Å². The monoisotopic (exact) mass is 317 g/mol. The van der Waals surface area contributed by atoms with Gasteiger partial charge < -0.3 is 9.64 Å². The molecule has 1 saturated heterocycles. The number of rotatable bonds is 4.